The third-order valence-electron chi connectivity index (χ3n) is 2.80. The molecule has 2 atom stereocenters. The minimum atomic E-state index is -0.0793. The predicted octanol–water partition coefficient (Wildman–Crippen LogP) is 2.65. The van der Waals surface area contributed by atoms with E-state index in [9.17, 15) is 4.79 Å². The summed E-state index contributed by atoms with van der Waals surface area (Å²) in [6.07, 6.45) is 3.03. The Morgan fingerprint density at radius 3 is 3.06 bits per heavy atom. The fourth-order valence-corrected chi connectivity index (χ4v) is 3.04. The molecular formula is C11H14ClNO2S. The fraction of sp³-hybridized carbons (Fsp3) is 0.545. The molecule has 2 rings (SSSR count). The van der Waals surface area contributed by atoms with Gasteiger partial charge in [-0.3, -0.25) is 4.79 Å². The van der Waals surface area contributed by atoms with Crippen molar-refractivity contribution in [3.05, 3.63) is 16.3 Å². The van der Waals surface area contributed by atoms with Crippen LogP contribution in [0, 0.1) is 0 Å². The lowest BCUT2D eigenvalue weighted by Crippen LogP contribution is -2.37. The molecule has 1 N–H and O–H groups in total. The van der Waals surface area contributed by atoms with Crippen LogP contribution in [0.4, 0.5) is 0 Å². The summed E-state index contributed by atoms with van der Waals surface area (Å²) in [4.78, 5) is 12.6. The standard InChI is InChI=1S/C11H14ClNO2S/c1-15-9-5-6-16-10(9)11(14)13-8-4-2-3-7(8)12/h5-8H,2-4H2,1H3,(H,13,14). The Morgan fingerprint density at radius 1 is 1.62 bits per heavy atom. The molecule has 88 valence electrons. The number of carbonyl (C=O) groups is 1. The second kappa shape index (κ2) is 5.06. The molecule has 1 amide bonds. The number of rotatable bonds is 3. The Balaban J connectivity index is 2.02. The van der Waals surface area contributed by atoms with E-state index in [2.05, 4.69) is 5.32 Å². The molecule has 2 unspecified atom stereocenters. The van der Waals surface area contributed by atoms with Crippen LogP contribution >= 0.6 is 22.9 Å². The number of methoxy groups -OCH3 is 1. The molecule has 1 heterocycles. The smallest absolute Gasteiger partial charge is 0.265 e. The predicted molar refractivity (Wildman–Crippen MR) is 65.6 cm³/mol. The molecule has 1 saturated carbocycles. The average molecular weight is 260 g/mol. The van der Waals surface area contributed by atoms with Gasteiger partial charge in [-0.2, -0.15) is 0 Å². The lowest BCUT2D eigenvalue weighted by atomic mass is 10.2. The number of thiophene rings is 1. The highest BCUT2D eigenvalue weighted by molar-refractivity contribution is 7.12. The highest BCUT2D eigenvalue weighted by atomic mass is 35.5. The molecule has 16 heavy (non-hydrogen) atoms. The molecule has 1 aromatic heterocycles. The Labute approximate surface area is 104 Å². The summed E-state index contributed by atoms with van der Waals surface area (Å²) >= 11 is 7.50. The average Bonchev–Trinajstić information content (AvgIpc) is 2.87. The van der Waals surface area contributed by atoms with Gasteiger partial charge in [-0.05, 0) is 30.7 Å². The quantitative estimate of drug-likeness (QED) is 0.848. The Bertz CT molecular complexity index is 380. The minimum Gasteiger partial charge on any atom is -0.495 e. The van der Waals surface area contributed by atoms with Crippen LogP contribution in [0.15, 0.2) is 11.4 Å². The summed E-state index contributed by atoms with van der Waals surface area (Å²) in [6.45, 7) is 0. The van der Waals surface area contributed by atoms with Gasteiger partial charge in [0, 0.05) is 6.04 Å². The highest BCUT2D eigenvalue weighted by Gasteiger charge is 2.28. The first-order chi connectivity index (χ1) is 7.72. The molecule has 1 fully saturated rings. The first-order valence-corrected chi connectivity index (χ1v) is 6.60. The maximum Gasteiger partial charge on any atom is 0.265 e. The third-order valence-corrected chi connectivity index (χ3v) is 4.22. The number of nitrogens with one attached hydrogen (secondary N) is 1. The lowest BCUT2D eigenvalue weighted by molar-refractivity contribution is 0.0940. The minimum absolute atomic E-state index is 0.0647. The molecule has 0 radical (unpaired) electrons. The van der Waals surface area contributed by atoms with Crippen molar-refractivity contribution in [2.45, 2.75) is 30.7 Å². The summed E-state index contributed by atoms with van der Waals surface area (Å²) in [5, 5.41) is 4.88. The van der Waals surface area contributed by atoms with Gasteiger partial charge in [0.1, 0.15) is 10.6 Å². The SMILES string of the molecule is COc1ccsc1C(=O)NC1CCCC1Cl. The second-order valence-corrected chi connectivity index (χ2v) is 5.32. The zero-order valence-electron chi connectivity index (χ0n) is 9.03. The van der Waals surface area contributed by atoms with Crippen LogP contribution in [0.3, 0.4) is 0 Å². The van der Waals surface area contributed by atoms with Gasteiger partial charge in [0.15, 0.2) is 0 Å². The van der Waals surface area contributed by atoms with Gasteiger partial charge in [-0.25, -0.2) is 0 Å². The van der Waals surface area contributed by atoms with Gasteiger partial charge in [-0.1, -0.05) is 0 Å². The third kappa shape index (κ3) is 2.33. The lowest BCUT2D eigenvalue weighted by Gasteiger charge is -2.15. The van der Waals surface area contributed by atoms with E-state index in [0.29, 0.717) is 10.6 Å². The fourth-order valence-electron chi connectivity index (χ4n) is 1.94. The monoisotopic (exact) mass is 259 g/mol. The van der Waals surface area contributed by atoms with Crippen molar-refractivity contribution in [2.75, 3.05) is 7.11 Å². The van der Waals surface area contributed by atoms with E-state index < -0.39 is 0 Å². The van der Waals surface area contributed by atoms with Gasteiger partial charge in [-0.15, -0.1) is 22.9 Å². The van der Waals surface area contributed by atoms with Crippen molar-refractivity contribution >= 4 is 28.8 Å². The van der Waals surface area contributed by atoms with Gasteiger partial charge < -0.3 is 10.1 Å². The summed E-state index contributed by atoms with van der Waals surface area (Å²) in [5.74, 6) is 0.552. The molecule has 0 aromatic carbocycles. The van der Waals surface area contributed by atoms with E-state index >= 15 is 0 Å². The number of halogens is 1. The Hall–Kier alpha value is -0.740. The van der Waals surface area contributed by atoms with Gasteiger partial charge in [0.25, 0.3) is 5.91 Å². The van der Waals surface area contributed by atoms with Crippen molar-refractivity contribution < 1.29 is 9.53 Å². The van der Waals surface area contributed by atoms with Crippen LogP contribution in [-0.4, -0.2) is 24.4 Å². The van der Waals surface area contributed by atoms with Crippen LogP contribution in [-0.2, 0) is 0 Å². The molecule has 1 aliphatic carbocycles. The second-order valence-electron chi connectivity index (χ2n) is 3.84. The van der Waals surface area contributed by atoms with Crippen molar-refractivity contribution in [2.24, 2.45) is 0 Å². The maximum absolute atomic E-state index is 11.9. The molecule has 1 aromatic rings. The number of ether oxygens (including phenoxy) is 1. The first kappa shape index (κ1) is 11.7. The first-order valence-electron chi connectivity index (χ1n) is 5.29. The van der Waals surface area contributed by atoms with Gasteiger partial charge in [0.2, 0.25) is 0 Å². The highest BCUT2D eigenvalue weighted by Crippen LogP contribution is 2.27. The largest absolute Gasteiger partial charge is 0.495 e. The molecular weight excluding hydrogens is 246 g/mol. The van der Waals surface area contributed by atoms with Crippen LogP contribution in [0.5, 0.6) is 5.75 Å². The van der Waals surface area contributed by atoms with Crippen molar-refractivity contribution in [1.29, 1.82) is 0 Å². The Kier molecular flexibility index (Phi) is 3.71. The number of amides is 1. The van der Waals surface area contributed by atoms with Crippen molar-refractivity contribution in [3.63, 3.8) is 0 Å². The number of hydrogen-bond donors (Lipinski definition) is 1. The molecule has 0 bridgehead atoms. The van der Waals surface area contributed by atoms with E-state index in [0.717, 1.165) is 19.3 Å². The van der Waals surface area contributed by atoms with E-state index in [-0.39, 0.29) is 17.3 Å². The molecule has 1 aliphatic rings. The number of hydrogen-bond acceptors (Lipinski definition) is 3. The van der Waals surface area contributed by atoms with Crippen LogP contribution in [0.1, 0.15) is 28.9 Å². The van der Waals surface area contributed by atoms with Gasteiger partial charge >= 0.3 is 0 Å². The topological polar surface area (TPSA) is 38.3 Å². The molecule has 3 nitrogen and oxygen atoms in total. The van der Waals surface area contributed by atoms with Gasteiger partial charge in [0.05, 0.1) is 12.5 Å². The zero-order valence-corrected chi connectivity index (χ0v) is 10.6. The molecule has 0 spiro atoms. The van der Waals surface area contributed by atoms with Crippen molar-refractivity contribution in [1.82, 2.24) is 5.32 Å². The molecule has 0 aliphatic heterocycles. The number of carbonyl (C=O) groups excluding carboxylic acids is 1. The zero-order chi connectivity index (χ0) is 11.5. The maximum atomic E-state index is 11.9. The van der Waals surface area contributed by atoms with Crippen molar-refractivity contribution in [3.8, 4) is 5.75 Å². The summed E-state index contributed by atoms with van der Waals surface area (Å²) in [6, 6.07) is 1.90. The summed E-state index contributed by atoms with van der Waals surface area (Å²) in [7, 11) is 1.57. The van der Waals surface area contributed by atoms with E-state index in [1.165, 1.54) is 11.3 Å². The van der Waals surface area contributed by atoms with Crippen LogP contribution < -0.4 is 10.1 Å². The molecule has 0 saturated heterocycles. The number of alkyl halides is 1. The van der Waals surface area contributed by atoms with E-state index in [4.69, 9.17) is 16.3 Å². The van der Waals surface area contributed by atoms with Crippen LogP contribution in [0.25, 0.3) is 0 Å². The van der Waals surface area contributed by atoms with Crippen LogP contribution in [0.2, 0.25) is 0 Å². The summed E-state index contributed by atoms with van der Waals surface area (Å²) < 4.78 is 5.11. The molecule has 5 heteroatoms. The van der Waals surface area contributed by atoms with E-state index in [1.54, 1.807) is 13.2 Å². The Morgan fingerprint density at radius 2 is 2.44 bits per heavy atom. The summed E-state index contributed by atoms with van der Waals surface area (Å²) in [5.41, 5.74) is 0. The normalized spacial score (nSPS) is 24.4. The van der Waals surface area contributed by atoms with E-state index in [1.807, 2.05) is 5.38 Å².